The Hall–Kier alpha value is -1.80. The molecule has 0 aliphatic carbocycles. The number of Topliss-reactive ketones (excluding diaryl/α,β-unsaturated/α-hetero) is 1. The SMILES string of the molecule is CCc1cc(C(=O)COc2ccccc2)ccc1Cl. The van der Waals surface area contributed by atoms with Gasteiger partial charge in [0.2, 0.25) is 0 Å². The van der Waals surface area contributed by atoms with Crippen molar-refractivity contribution in [1.29, 1.82) is 0 Å². The Labute approximate surface area is 118 Å². The van der Waals surface area contributed by atoms with Crippen molar-refractivity contribution in [2.24, 2.45) is 0 Å². The van der Waals surface area contributed by atoms with Crippen molar-refractivity contribution in [2.75, 3.05) is 6.61 Å². The van der Waals surface area contributed by atoms with Crippen LogP contribution in [0.25, 0.3) is 0 Å². The van der Waals surface area contributed by atoms with Crippen molar-refractivity contribution in [3.63, 3.8) is 0 Å². The van der Waals surface area contributed by atoms with Crippen molar-refractivity contribution in [1.82, 2.24) is 0 Å². The van der Waals surface area contributed by atoms with E-state index in [1.807, 2.05) is 43.3 Å². The van der Waals surface area contributed by atoms with Gasteiger partial charge >= 0.3 is 0 Å². The number of ether oxygens (including phenoxy) is 1. The third kappa shape index (κ3) is 3.58. The summed E-state index contributed by atoms with van der Waals surface area (Å²) < 4.78 is 5.44. The minimum atomic E-state index is -0.0461. The maximum absolute atomic E-state index is 12.0. The second-order valence-electron chi connectivity index (χ2n) is 4.18. The summed E-state index contributed by atoms with van der Waals surface area (Å²) >= 11 is 6.03. The van der Waals surface area contributed by atoms with E-state index in [4.69, 9.17) is 16.3 Å². The van der Waals surface area contributed by atoms with Gasteiger partial charge in [0.1, 0.15) is 5.75 Å². The first kappa shape index (κ1) is 13.6. The Bertz CT molecular complexity index is 564. The number of aryl methyl sites for hydroxylation is 1. The number of rotatable bonds is 5. The third-order valence-electron chi connectivity index (χ3n) is 2.86. The monoisotopic (exact) mass is 274 g/mol. The quantitative estimate of drug-likeness (QED) is 0.765. The molecule has 0 aliphatic rings. The first-order valence-electron chi connectivity index (χ1n) is 6.20. The van der Waals surface area contributed by atoms with E-state index in [0.717, 1.165) is 12.0 Å². The van der Waals surface area contributed by atoms with Crippen molar-refractivity contribution in [3.05, 3.63) is 64.7 Å². The van der Waals surface area contributed by atoms with Gasteiger partial charge in [-0.2, -0.15) is 0 Å². The van der Waals surface area contributed by atoms with Gasteiger partial charge in [-0.15, -0.1) is 0 Å². The zero-order valence-electron chi connectivity index (χ0n) is 10.7. The number of hydrogen-bond acceptors (Lipinski definition) is 2. The number of ketones is 1. The number of para-hydroxylation sites is 1. The summed E-state index contributed by atoms with van der Waals surface area (Å²) in [6.07, 6.45) is 0.805. The fourth-order valence-electron chi connectivity index (χ4n) is 1.77. The van der Waals surface area contributed by atoms with Crippen LogP contribution >= 0.6 is 11.6 Å². The Kier molecular flexibility index (Phi) is 4.58. The fraction of sp³-hybridized carbons (Fsp3) is 0.188. The number of hydrogen-bond donors (Lipinski definition) is 0. The van der Waals surface area contributed by atoms with Crippen LogP contribution < -0.4 is 4.74 Å². The summed E-state index contributed by atoms with van der Waals surface area (Å²) in [4.78, 5) is 12.0. The summed E-state index contributed by atoms with van der Waals surface area (Å²) in [5.74, 6) is 0.649. The van der Waals surface area contributed by atoms with Crippen molar-refractivity contribution in [2.45, 2.75) is 13.3 Å². The van der Waals surface area contributed by atoms with Crippen LogP contribution in [-0.4, -0.2) is 12.4 Å². The van der Waals surface area contributed by atoms with E-state index in [2.05, 4.69) is 0 Å². The van der Waals surface area contributed by atoms with Crippen molar-refractivity contribution in [3.8, 4) is 5.75 Å². The van der Waals surface area contributed by atoms with Crippen molar-refractivity contribution < 1.29 is 9.53 Å². The molecule has 19 heavy (non-hydrogen) atoms. The van der Waals surface area contributed by atoms with Crippen LogP contribution in [0.5, 0.6) is 5.75 Å². The fourth-order valence-corrected chi connectivity index (χ4v) is 2.02. The average Bonchev–Trinajstić information content (AvgIpc) is 2.46. The zero-order chi connectivity index (χ0) is 13.7. The van der Waals surface area contributed by atoms with E-state index in [1.54, 1.807) is 12.1 Å². The molecule has 2 aromatic carbocycles. The van der Waals surface area contributed by atoms with Gasteiger partial charge in [-0.05, 0) is 42.3 Å². The first-order valence-corrected chi connectivity index (χ1v) is 6.58. The van der Waals surface area contributed by atoms with Crippen molar-refractivity contribution >= 4 is 17.4 Å². The number of halogens is 1. The molecule has 0 fully saturated rings. The first-order chi connectivity index (χ1) is 9.20. The Balaban J connectivity index is 2.04. The molecule has 0 saturated carbocycles. The highest BCUT2D eigenvalue weighted by atomic mass is 35.5. The van der Waals surface area contributed by atoms with E-state index >= 15 is 0 Å². The molecule has 0 radical (unpaired) electrons. The summed E-state index contributed by atoms with van der Waals surface area (Å²) in [7, 11) is 0. The van der Waals surface area contributed by atoms with Crippen LogP contribution in [0.1, 0.15) is 22.8 Å². The predicted molar refractivity (Wildman–Crippen MR) is 77.1 cm³/mol. The van der Waals surface area contributed by atoms with E-state index < -0.39 is 0 Å². The van der Waals surface area contributed by atoms with E-state index in [-0.39, 0.29) is 12.4 Å². The molecular formula is C16H15ClO2. The van der Waals surface area contributed by atoms with E-state index in [1.165, 1.54) is 0 Å². The molecule has 2 aromatic rings. The lowest BCUT2D eigenvalue weighted by Crippen LogP contribution is -2.11. The molecule has 0 aromatic heterocycles. The molecule has 0 heterocycles. The summed E-state index contributed by atoms with van der Waals surface area (Å²) in [5.41, 5.74) is 1.62. The molecule has 0 spiro atoms. The Morgan fingerprint density at radius 2 is 1.89 bits per heavy atom. The van der Waals surface area contributed by atoms with Crippen LogP contribution in [0.4, 0.5) is 0 Å². The standard InChI is InChI=1S/C16H15ClO2/c1-2-12-10-13(8-9-15(12)17)16(18)11-19-14-6-4-3-5-7-14/h3-10H,2,11H2,1H3. The molecule has 0 unspecified atom stereocenters. The largest absolute Gasteiger partial charge is 0.485 e. The topological polar surface area (TPSA) is 26.3 Å². The highest BCUT2D eigenvalue weighted by molar-refractivity contribution is 6.31. The molecule has 0 saturated heterocycles. The van der Waals surface area contributed by atoms with Gasteiger partial charge in [0, 0.05) is 10.6 Å². The molecule has 0 atom stereocenters. The van der Waals surface area contributed by atoms with Gasteiger partial charge in [-0.1, -0.05) is 36.7 Å². The van der Waals surface area contributed by atoms with Crippen LogP contribution in [0.2, 0.25) is 5.02 Å². The number of carbonyl (C=O) groups excluding carboxylic acids is 1. The van der Waals surface area contributed by atoms with E-state index in [9.17, 15) is 4.79 Å². The van der Waals surface area contributed by atoms with Gasteiger partial charge in [0.05, 0.1) is 0 Å². The van der Waals surface area contributed by atoms with Gasteiger partial charge in [-0.25, -0.2) is 0 Å². The lowest BCUT2D eigenvalue weighted by atomic mass is 10.1. The van der Waals surface area contributed by atoms with Gasteiger partial charge in [-0.3, -0.25) is 4.79 Å². The predicted octanol–water partition coefficient (Wildman–Crippen LogP) is 4.16. The minimum Gasteiger partial charge on any atom is -0.485 e. The lowest BCUT2D eigenvalue weighted by Gasteiger charge is -2.07. The van der Waals surface area contributed by atoms with E-state index in [0.29, 0.717) is 16.3 Å². The molecule has 0 amide bonds. The molecule has 2 nitrogen and oxygen atoms in total. The maximum atomic E-state index is 12.0. The van der Waals surface area contributed by atoms with Crippen LogP contribution in [0.15, 0.2) is 48.5 Å². The molecule has 2 rings (SSSR count). The Morgan fingerprint density at radius 1 is 1.16 bits per heavy atom. The number of carbonyl (C=O) groups is 1. The molecule has 0 aliphatic heterocycles. The van der Waals surface area contributed by atoms with Gasteiger partial charge < -0.3 is 4.74 Å². The minimum absolute atomic E-state index is 0.0365. The smallest absolute Gasteiger partial charge is 0.200 e. The van der Waals surface area contributed by atoms with Crippen LogP contribution in [0.3, 0.4) is 0 Å². The lowest BCUT2D eigenvalue weighted by molar-refractivity contribution is 0.0921. The molecular weight excluding hydrogens is 260 g/mol. The van der Waals surface area contributed by atoms with Crippen LogP contribution in [-0.2, 0) is 6.42 Å². The van der Waals surface area contributed by atoms with Gasteiger partial charge in [0.15, 0.2) is 12.4 Å². The molecule has 0 N–H and O–H groups in total. The maximum Gasteiger partial charge on any atom is 0.200 e. The average molecular weight is 275 g/mol. The normalized spacial score (nSPS) is 10.2. The molecule has 3 heteroatoms. The summed E-state index contributed by atoms with van der Waals surface area (Å²) in [6.45, 7) is 2.05. The Morgan fingerprint density at radius 3 is 2.58 bits per heavy atom. The molecule has 0 bridgehead atoms. The third-order valence-corrected chi connectivity index (χ3v) is 3.23. The molecule has 98 valence electrons. The summed E-state index contributed by atoms with van der Waals surface area (Å²) in [5, 5.41) is 0.697. The number of benzene rings is 2. The highest BCUT2D eigenvalue weighted by Crippen LogP contribution is 2.18. The van der Waals surface area contributed by atoms with Gasteiger partial charge in [0.25, 0.3) is 0 Å². The van der Waals surface area contributed by atoms with Crippen LogP contribution in [0, 0.1) is 0 Å². The second kappa shape index (κ2) is 6.39. The second-order valence-corrected chi connectivity index (χ2v) is 4.59. The highest BCUT2D eigenvalue weighted by Gasteiger charge is 2.09. The zero-order valence-corrected chi connectivity index (χ0v) is 11.5. The summed E-state index contributed by atoms with van der Waals surface area (Å²) in [6, 6.07) is 14.6.